The number of rotatable bonds is 14. The van der Waals surface area contributed by atoms with E-state index in [0.29, 0.717) is 54.7 Å². The zero-order valence-corrected chi connectivity index (χ0v) is 24.1. The van der Waals surface area contributed by atoms with Gasteiger partial charge in [0.25, 0.3) is 5.92 Å². The van der Waals surface area contributed by atoms with Crippen LogP contribution in [0.3, 0.4) is 0 Å². The summed E-state index contributed by atoms with van der Waals surface area (Å²) in [6, 6.07) is 13.8. The Bertz CT molecular complexity index is 1300. The Morgan fingerprint density at radius 1 is 1.12 bits per heavy atom. The SMILES string of the molecule is CC(F)(F)c1ccc(CSc2nnc(CCCCC(=O)NCCCN3CCCC3=O)n2-c2cccc(Cl)c2)cc1. The molecule has 1 fully saturated rings. The Morgan fingerprint density at radius 2 is 1.93 bits per heavy atom. The molecule has 0 radical (unpaired) electrons. The molecule has 0 atom stereocenters. The fourth-order valence-corrected chi connectivity index (χ4v) is 5.68. The van der Waals surface area contributed by atoms with Crippen molar-refractivity contribution in [3.8, 4) is 5.69 Å². The molecule has 4 rings (SSSR count). The van der Waals surface area contributed by atoms with Crippen molar-refractivity contribution in [2.24, 2.45) is 0 Å². The molecule has 2 amide bonds. The number of carbonyl (C=O) groups is 2. The third-order valence-corrected chi connectivity index (χ3v) is 7.98. The van der Waals surface area contributed by atoms with Crippen LogP contribution < -0.4 is 5.32 Å². The van der Waals surface area contributed by atoms with Crippen LogP contribution in [-0.4, -0.2) is 51.1 Å². The summed E-state index contributed by atoms with van der Waals surface area (Å²) in [5.74, 6) is -1.35. The number of aromatic nitrogens is 3. The normalized spacial score (nSPS) is 13.7. The van der Waals surface area contributed by atoms with Gasteiger partial charge in [0, 0.05) is 62.2 Å². The van der Waals surface area contributed by atoms with Gasteiger partial charge in [-0.25, -0.2) is 8.78 Å². The van der Waals surface area contributed by atoms with Crippen LogP contribution in [0.1, 0.15) is 62.4 Å². The smallest absolute Gasteiger partial charge is 0.270 e. The maximum Gasteiger partial charge on any atom is 0.270 e. The molecule has 7 nitrogen and oxygen atoms in total. The topological polar surface area (TPSA) is 80.1 Å². The lowest BCUT2D eigenvalue weighted by atomic mass is 10.1. The van der Waals surface area contributed by atoms with E-state index in [1.807, 2.05) is 27.7 Å². The molecule has 40 heavy (non-hydrogen) atoms. The van der Waals surface area contributed by atoms with Gasteiger partial charge in [0.05, 0.1) is 5.69 Å². The van der Waals surface area contributed by atoms with Crippen molar-refractivity contribution in [3.63, 3.8) is 0 Å². The molecule has 1 saturated heterocycles. The summed E-state index contributed by atoms with van der Waals surface area (Å²) in [5.41, 5.74) is 1.72. The van der Waals surface area contributed by atoms with Gasteiger partial charge in [-0.1, -0.05) is 53.7 Å². The highest BCUT2D eigenvalue weighted by molar-refractivity contribution is 7.98. The van der Waals surface area contributed by atoms with Gasteiger partial charge < -0.3 is 10.2 Å². The van der Waals surface area contributed by atoms with Crippen LogP contribution in [0.25, 0.3) is 5.69 Å². The highest BCUT2D eigenvalue weighted by atomic mass is 35.5. The molecular weight excluding hydrogens is 556 g/mol. The number of aryl methyl sites for hydroxylation is 1. The summed E-state index contributed by atoms with van der Waals surface area (Å²) in [7, 11) is 0. The molecular formula is C29H34ClF2N5O2S. The first-order valence-electron chi connectivity index (χ1n) is 13.6. The van der Waals surface area contributed by atoms with Gasteiger partial charge in [-0.05, 0) is 49.4 Å². The van der Waals surface area contributed by atoms with E-state index in [1.54, 1.807) is 18.2 Å². The van der Waals surface area contributed by atoms with Gasteiger partial charge in [0.15, 0.2) is 5.16 Å². The van der Waals surface area contributed by atoms with Gasteiger partial charge in [-0.15, -0.1) is 10.2 Å². The molecule has 2 heterocycles. The largest absolute Gasteiger partial charge is 0.356 e. The number of halogens is 3. The number of benzene rings is 2. The molecule has 214 valence electrons. The minimum absolute atomic E-state index is 0.00663. The number of amides is 2. The van der Waals surface area contributed by atoms with E-state index >= 15 is 0 Å². The minimum Gasteiger partial charge on any atom is -0.356 e. The highest BCUT2D eigenvalue weighted by Gasteiger charge is 2.24. The molecule has 1 aromatic heterocycles. The fourth-order valence-electron chi connectivity index (χ4n) is 4.57. The molecule has 0 unspecified atom stereocenters. The van der Waals surface area contributed by atoms with E-state index in [0.717, 1.165) is 49.8 Å². The Labute approximate surface area is 242 Å². The lowest BCUT2D eigenvalue weighted by molar-refractivity contribution is -0.127. The lowest BCUT2D eigenvalue weighted by Gasteiger charge is -2.15. The third-order valence-electron chi connectivity index (χ3n) is 6.75. The quantitative estimate of drug-likeness (QED) is 0.180. The number of alkyl halides is 2. The Balaban J connectivity index is 1.30. The first kappa shape index (κ1) is 30.0. The molecule has 1 N–H and O–H groups in total. The number of likely N-dealkylation sites (tertiary alicyclic amines) is 1. The Hall–Kier alpha value is -2.98. The van der Waals surface area contributed by atoms with Gasteiger partial charge in [-0.2, -0.15) is 0 Å². The molecule has 0 saturated carbocycles. The number of nitrogens with one attached hydrogen (secondary N) is 1. The molecule has 3 aromatic rings. The van der Waals surface area contributed by atoms with Crippen LogP contribution in [-0.2, 0) is 27.7 Å². The van der Waals surface area contributed by atoms with Crippen molar-refractivity contribution in [2.45, 2.75) is 68.7 Å². The van der Waals surface area contributed by atoms with Gasteiger partial charge in [0.2, 0.25) is 11.8 Å². The Kier molecular flexibility index (Phi) is 10.6. The lowest BCUT2D eigenvalue weighted by Crippen LogP contribution is -2.30. The maximum atomic E-state index is 13.5. The molecule has 11 heteroatoms. The average Bonchev–Trinajstić information content (AvgIpc) is 3.53. The van der Waals surface area contributed by atoms with Crippen molar-refractivity contribution >= 4 is 35.2 Å². The zero-order chi connectivity index (χ0) is 28.5. The van der Waals surface area contributed by atoms with Crippen LogP contribution >= 0.6 is 23.4 Å². The predicted molar refractivity (Wildman–Crippen MR) is 153 cm³/mol. The molecule has 0 bridgehead atoms. The second kappa shape index (κ2) is 14.1. The standard InChI is InChI=1S/C29H34ClF2N5O2S/c1-29(31,32)22-14-12-21(13-15-22)20-40-28-35-34-25(37(28)24-8-4-7-23(30)19-24)9-2-3-10-26(38)33-16-6-18-36-17-5-11-27(36)39/h4,7-8,12-15,19H,2-3,5-6,9-11,16-18,20H2,1H3,(H,33,38). The second-order valence-corrected chi connectivity index (χ2v) is 11.4. The Morgan fingerprint density at radius 3 is 2.62 bits per heavy atom. The van der Waals surface area contributed by atoms with Gasteiger partial charge in [-0.3, -0.25) is 14.2 Å². The number of unbranched alkanes of at least 4 members (excludes halogenated alkanes) is 1. The van der Waals surface area contributed by atoms with Crippen LogP contribution in [0.5, 0.6) is 0 Å². The summed E-state index contributed by atoms with van der Waals surface area (Å²) < 4.78 is 29.1. The van der Waals surface area contributed by atoms with E-state index in [-0.39, 0.29) is 17.4 Å². The molecule has 1 aliphatic heterocycles. The molecule has 1 aliphatic rings. The number of nitrogens with zero attached hydrogens (tertiary/aromatic N) is 4. The van der Waals surface area contributed by atoms with Crippen LogP contribution in [0.4, 0.5) is 8.78 Å². The number of hydrogen-bond acceptors (Lipinski definition) is 5. The summed E-state index contributed by atoms with van der Waals surface area (Å²) >= 11 is 7.73. The van der Waals surface area contributed by atoms with Crippen molar-refractivity contribution in [1.29, 1.82) is 0 Å². The van der Waals surface area contributed by atoms with Crippen molar-refractivity contribution in [1.82, 2.24) is 25.0 Å². The third kappa shape index (κ3) is 8.51. The summed E-state index contributed by atoms with van der Waals surface area (Å²) in [4.78, 5) is 25.8. The van der Waals surface area contributed by atoms with Crippen LogP contribution in [0.2, 0.25) is 5.02 Å². The molecule has 0 spiro atoms. The predicted octanol–water partition coefficient (Wildman–Crippen LogP) is 6.17. The van der Waals surface area contributed by atoms with E-state index in [9.17, 15) is 18.4 Å². The summed E-state index contributed by atoms with van der Waals surface area (Å²) in [5, 5.41) is 13.0. The second-order valence-electron chi connectivity index (χ2n) is 9.98. The van der Waals surface area contributed by atoms with Crippen molar-refractivity contribution in [3.05, 3.63) is 70.5 Å². The van der Waals surface area contributed by atoms with Crippen molar-refractivity contribution in [2.75, 3.05) is 19.6 Å². The summed E-state index contributed by atoms with van der Waals surface area (Å²) in [6.07, 6.45) is 4.83. The van der Waals surface area contributed by atoms with Gasteiger partial charge >= 0.3 is 0 Å². The van der Waals surface area contributed by atoms with Gasteiger partial charge in [0.1, 0.15) is 5.82 Å². The molecule has 0 aliphatic carbocycles. The van der Waals surface area contributed by atoms with E-state index in [2.05, 4.69) is 15.5 Å². The highest BCUT2D eigenvalue weighted by Crippen LogP contribution is 2.30. The van der Waals surface area contributed by atoms with E-state index in [1.165, 1.54) is 23.9 Å². The molecule has 2 aromatic carbocycles. The summed E-state index contributed by atoms with van der Waals surface area (Å²) in [6.45, 7) is 2.97. The first-order valence-corrected chi connectivity index (χ1v) is 14.9. The average molecular weight is 590 g/mol. The number of hydrogen-bond donors (Lipinski definition) is 1. The monoisotopic (exact) mass is 589 g/mol. The van der Waals surface area contributed by atoms with Crippen LogP contribution in [0.15, 0.2) is 53.7 Å². The van der Waals surface area contributed by atoms with Crippen LogP contribution in [0, 0.1) is 0 Å². The maximum absolute atomic E-state index is 13.5. The minimum atomic E-state index is -2.87. The fraction of sp³-hybridized carbons (Fsp3) is 0.448. The zero-order valence-electron chi connectivity index (χ0n) is 22.5. The van der Waals surface area contributed by atoms with E-state index < -0.39 is 5.92 Å². The first-order chi connectivity index (χ1) is 19.2. The van der Waals surface area contributed by atoms with Crippen molar-refractivity contribution < 1.29 is 18.4 Å². The number of carbonyl (C=O) groups excluding carboxylic acids is 2. The number of thioether (sulfide) groups is 1. The van der Waals surface area contributed by atoms with E-state index in [4.69, 9.17) is 11.6 Å².